The predicted molar refractivity (Wildman–Crippen MR) is 145 cm³/mol. The summed E-state index contributed by atoms with van der Waals surface area (Å²) in [6.07, 6.45) is 1.86. The van der Waals surface area contributed by atoms with E-state index in [2.05, 4.69) is 30.9 Å². The summed E-state index contributed by atoms with van der Waals surface area (Å²) in [6, 6.07) is 23.5. The van der Waals surface area contributed by atoms with Crippen molar-refractivity contribution in [2.75, 3.05) is 26.2 Å². The number of piperazine rings is 1. The molecule has 188 valence electrons. The Bertz CT molecular complexity index is 1420. The van der Waals surface area contributed by atoms with Gasteiger partial charge in [0.25, 0.3) is 5.91 Å². The second-order valence-electron chi connectivity index (χ2n) is 9.60. The quantitative estimate of drug-likeness (QED) is 0.436. The summed E-state index contributed by atoms with van der Waals surface area (Å²) in [5.41, 5.74) is 12.5. The molecule has 7 heteroatoms. The van der Waals surface area contributed by atoms with Crippen molar-refractivity contribution in [3.05, 3.63) is 107 Å². The minimum atomic E-state index is -0.422. The van der Waals surface area contributed by atoms with E-state index in [0.29, 0.717) is 29.9 Å². The highest BCUT2D eigenvalue weighted by Crippen LogP contribution is 2.27. The number of hydrogen-bond acceptors (Lipinski definition) is 4. The number of nitrogens with zero attached hydrogens (tertiary/aromatic N) is 4. The zero-order valence-electron chi connectivity index (χ0n) is 21.2. The Balaban J connectivity index is 1.34. The minimum Gasteiger partial charge on any atom is -0.366 e. The molecule has 2 heterocycles. The summed E-state index contributed by atoms with van der Waals surface area (Å²) in [4.78, 5) is 29.3. The van der Waals surface area contributed by atoms with E-state index < -0.39 is 5.91 Å². The van der Waals surface area contributed by atoms with Gasteiger partial charge in [-0.1, -0.05) is 42.5 Å². The number of carbonyl (C=O) groups is 2. The van der Waals surface area contributed by atoms with E-state index in [1.54, 1.807) is 16.8 Å². The summed E-state index contributed by atoms with van der Waals surface area (Å²) in [6.45, 7) is 7.75. The first-order valence-corrected chi connectivity index (χ1v) is 12.5. The van der Waals surface area contributed by atoms with Crippen LogP contribution in [0.25, 0.3) is 16.9 Å². The van der Waals surface area contributed by atoms with Crippen molar-refractivity contribution in [2.24, 2.45) is 5.73 Å². The number of benzene rings is 3. The molecule has 5 rings (SSSR count). The summed E-state index contributed by atoms with van der Waals surface area (Å²) in [5, 5.41) is 4.85. The Kier molecular flexibility index (Phi) is 6.88. The number of rotatable bonds is 6. The number of para-hydroxylation sites is 1. The van der Waals surface area contributed by atoms with Crippen LogP contribution in [0.4, 0.5) is 0 Å². The molecular weight excluding hydrogens is 462 g/mol. The number of aryl methyl sites for hydroxylation is 2. The lowest BCUT2D eigenvalue weighted by molar-refractivity contribution is 0.0629. The van der Waals surface area contributed by atoms with Gasteiger partial charge in [0.2, 0.25) is 5.91 Å². The average Bonchev–Trinajstić information content (AvgIpc) is 3.37. The molecule has 0 aliphatic carbocycles. The van der Waals surface area contributed by atoms with Gasteiger partial charge >= 0.3 is 0 Å². The molecule has 1 aliphatic rings. The van der Waals surface area contributed by atoms with E-state index in [-0.39, 0.29) is 5.91 Å². The van der Waals surface area contributed by atoms with Gasteiger partial charge in [-0.25, -0.2) is 4.68 Å². The molecule has 1 fully saturated rings. The van der Waals surface area contributed by atoms with Gasteiger partial charge < -0.3 is 10.6 Å². The Hall–Kier alpha value is -4.23. The Labute approximate surface area is 217 Å². The molecule has 3 aromatic carbocycles. The van der Waals surface area contributed by atoms with Crippen LogP contribution in [0.15, 0.2) is 79.0 Å². The summed E-state index contributed by atoms with van der Waals surface area (Å²) < 4.78 is 1.80. The summed E-state index contributed by atoms with van der Waals surface area (Å²) in [7, 11) is 0. The molecule has 2 amide bonds. The topological polar surface area (TPSA) is 84.5 Å². The van der Waals surface area contributed by atoms with Crippen molar-refractivity contribution in [1.82, 2.24) is 19.6 Å². The normalized spacial score (nSPS) is 14.1. The third-order valence-corrected chi connectivity index (χ3v) is 7.05. The Morgan fingerprint density at radius 1 is 0.865 bits per heavy atom. The fourth-order valence-corrected chi connectivity index (χ4v) is 4.66. The van der Waals surface area contributed by atoms with E-state index in [1.807, 2.05) is 59.6 Å². The lowest BCUT2D eigenvalue weighted by Crippen LogP contribution is -2.48. The zero-order valence-corrected chi connectivity index (χ0v) is 21.2. The highest BCUT2D eigenvalue weighted by Gasteiger charge is 2.27. The van der Waals surface area contributed by atoms with Crippen LogP contribution in [0.3, 0.4) is 0 Å². The fourth-order valence-electron chi connectivity index (χ4n) is 4.66. The van der Waals surface area contributed by atoms with Gasteiger partial charge in [-0.05, 0) is 60.9 Å². The number of nitrogens with two attached hydrogens (primary N) is 1. The second-order valence-corrected chi connectivity index (χ2v) is 9.60. The fraction of sp³-hybridized carbons (Fsp3) is 0.233. The molecule has 7 nitrogen and oxygen atoms in total. The highest BCUT2D eigenvalue weighted by atomic mass is 16.2. The second kappa shape index (κ2) is 10.4. The molecule has 37 heavy (non-hydrogen) atoms. The smallest absolute Gasteiger partial charge is 0.257 e. The van der Waals surface area contributed by atoms with Crippen LogP contribution in [0, 0.1) is 13.8 Å². The molecule has 0 saturated carbocycles. The molecule has 1 aromatic heterocycles. The molecule has 0 atom stereocenters. The molecule has 1 aliphatic heterocycles. The SMILES string of the molecule is Cc1ccc(-c2nn(-c3ccccc3)cc2C(=O)N2CCN(Cc3ccc(C(N)=O)cc3)CC2)cc1C. The first-order valence-electron chi connectivity index (χ1n) is 12.5. The molecule has 0 radical (unpaired) electrons. The zero-order chi connectivity index (χ0) is 25.9. The van der Waals surface area contributed by atoms with Gasteiger partial charge in [0.15, 0.2) is 0 Å². The lowest BCUT2D eigenvalue weighted by atomic mass is 10.0. The van der Waals surface area contributed by atoms with E-state index in [0.717, 1.165) is 36.4 Å². The van der Waals surface area contributed by atoms with Crippen molar-refractivity contribution in [3.63, 3.8) is 0 Å². The van der Waals surface area contributed by atoms with Crippen molar-refractivity contribution in [2.45, 2.75) is 20.4 Å². The standard InChI is InChI=1S/C30H31N5O2/c1-21-8-11-25(18-22(21)2)28-27(20-35(32-28)26-6-4-3-5-7-26)30(37)34-16-14-33(15-17-34)19-23-9-12-24(13-10-23)29(31)36/h3-13,18,20H,14-17,19H2,1-2H3,(H2,31,36). The third-order valence-electron chi connectivity index (χ3n) is 7.05. The first kappa shape index (κ1) is 24.5. The van der Waals surface area contributed by atoms with E-state index >= 15 is 0 Å². The molecule has 0 bridgehead atoms. The van der Waals surface area contributed by atoms with Gasteiger partial charge in [-0.2, -0.15) is 5.10 Å². The minimum absolute atomic E-state index is 0.000806. The summed E-state index contributed by atoms with van der Waals surface area (Å²) >= 11 is 0. The molecular formula is C30H31N5O2. The summed E-state index contributed by atoms with van der Waals surface area (Å²) in [5.74, 6) is -0.421. The maximum absolute atomic E-state index is 13.8. The highest BCUT2D eigenvalue weighted by molar-refractivity contribution is 6.00. The number of hydrogen-bond donors (Lipinski definition) is 1. The van der Waals surface area contributed by atoms with Crippen LogP contribution in [0.1, 0.15) is 37.4 Å². The predicted octanol–water partition coefficient (Wildman–Crippen LogP) is 4.21. The van der Waals surface area contributed by atoms with Gasteiger partial charge in [0.1, 0.15) is 5.69 Å². The molecule has 0 unspecified atom stereocenters. The Morgan fingerprint density at radius 2 is 1.57 bits per heavy atom. The molecule has 0 spiro atoms. The van der Waals surface area contributed by atoms with Crippen LogP contribution in [-0.4, -0.2) is 57.6 Å². The molecule has 4 aromatic rings. The van der Waals surface area contributed by atoms with Crippen LogP contribution in [0.5, 0.6) is 0 Å². The number of amides is 2. The van der Waals surface area contributed by atoms with Gasteiger partial charge in [0.05, 0.1) is 11.3 Å². The van der Waals surface area contributed by atoms with Crippen molar-refractivity contribution in [1.29, 1.82) is 0 Å². The first-order chi connectivity index (χ1) is 17.9. The van der Waals surface area contributed by atoms with Crippen molar-refractivity contribution < 1.29 is 9.59 Å². The van der Waals surface area contributed by atoms with Gasteiger partial charge in [-0.3, -0.25) is 14.5 Å². The number of primary amides is 1. The van der Waals surface area contributed by atoms with E-state index in [4.69, 9.17) is 10.8 Å². The van der Waals surface area contributed by atoms with Crippen molar-refractivity contribution >= 4 is 11.8 Å². The molecule has 2 N–H and O–H groups in total. The maximum Gasteiger partial charge on any atom is 0.257 e. The van der Waals surface area contributed by atoms with Crippen LogP contribution in [0.2, 0.25) is 0 Å². The lowest BCUT2D eigenvalue weighted by Gasteiger charge is -2.34. The van der Waals surface area contributed by atoms with Gasteiger partial charge in [-0.15, -0.1) is 0 Å². The van der Waals surface area contributed by atoms with Crippen molar-refractivity contribution in [3.8, 4) is 16.9 Å². The average molecular weight is 494 g/mol. The van der Waals surface area contributed by atoms with Crippen LogP contribution in [-0.2, 0) is 6.54 Å². The number of aromatic nitrogens is 2. The maximum atomic E-state index is 13.8. The monoisotopic (exact) mass is 493 g/mol. The molecule has 1 saturated heterocycles. The Morgan fingerprint density at radius 3 is 2.22 bits per heavy atom. The third kappa shape index (κ3) is 5.32. The van der Waals surface area contributed by atoms with Gasteiger partial charge in [0, 0.05) is 50.0 Å². The van der Waals surface area contributed by atoms with Crippen LogP contribution >= 0.6 is 0 Å². The number of carbonyl (C=O) groups excluding carboxylic acids is 2. The van der Waals surface area contributed by atoms with Crippen LogP contribution < -0.4 is 5.73 Å². The largest absolute Gasteiger partial charge is 0.366 e. The van der Waals surface area contributed by atoms with E-state index in [9.17, 15) is 9.59 Å². The van der Waals surface area contributed by atoms with E-state index in [1.165, 1.54) is 11.1 Å².